The van der Waals surface area contributed by atoms with Crippen molar-refractivity contribution in [1.29, 1.82) is 0 Å². The monoisotopic (exact) mass is 331 g/mol. The van der Waals surface area contributed by atoms with Crippen LogP contribution in [0, 0.1) is 6.92 Å². The van der Waals surface area contributed by atoms with Gasteiger partial charge >= 0.3 is 5.97 Å². The molecule has 7 heteroatoms. The van der Waals surface area contributed by atoms with Gasteiger partial charge in [0.1, 0.15) is 11.0 Å². The zero-order valence-corrected chi connectivity index (χ0v) is 14.2. The molecular weight excluding hydrogens is 314 g/mol. The van der Waals surface area contributed by atoms with Crippen molar-refractivity contribution in [2.24, 2.45) is 0 Å². The molecule has 6 nitrogen and oxygen atoms in total. The van der Waals surface area contributed by atoms with E-state index in [4.69, 9.17) is 9.47 Å². The van der Waals surface area contributed by atoms with Gasteiger partial charge in [-0.3, -0.25) is 9.20 Å². The molecule has 0 aliphatic heterocycles. The van der Waals surface area contributed by atoms with E-state index in [1.54, 1.807) is 14.0 Å². The molecule has 0 bridgehead atoms. The number of aryl methyl sites for hydroxylation is 1. The highest BCUT2D eigenvalue weighted by Crippen LogP contribution is 2.30. The molecule has 1 atom stereocenters. The minimum absolute atomic E-state index is 0.291. The first-order chi connectivity index (χ1) is 11.0. The average Bonchev–Trinajstić information content (AvgIpc) is 2.96. The Hall–Kier alpha value is -2.28. The van der Waals surface area contributed by atoms with Crippen LogP contribution < -0.4 is 4.74 Å². The van der Waals surface area contributed by atoms with E-state index in [-0.39, 0.29) is 11.2 Å². The lowest BCUT2D eigenvalue weighted by molar-refractivity contribution is -0.139. The Bertz CT molecular complexity index is 891. The van der Waals surface area contributed by atoms with E-state index in [1.165, 1.54) is 18.9 Å². The smallest absolute Gasteiger partial charge is 0.318 e. The molecule has 0 aliphatic carbocycles. The molecule has 23 heavy (non-hydrogen) atoms. The fourth-order valence-corrected chi connectivity index (χ4v) is 3.37. The number of benzene rings is 1. The van der Waals surface area contributed by atoms with Crippen molar-refractivity contribution in [1.82, 2.24) is 14.6 Å². The Morgan fingerprint density at radius 1 is 1.26 bits per heavy atom. The number of nitrogens with zero attached hydrogens (tertiary/aromatic N) is 3. The number of pyridine rings is 1. The topological polar surface area (TPSA) is 65.7 Å². The highest BCUT2D eigenvalue weighted by atomic mass is 32.2. The zero-order chi connectivity index (χ0) is 16.6. The maximum absolute atomic E-state index is 11.7. The number of carbonyl (C=O) groups is 1. The van der Waals surface area contributed by atoms with Gasteiger partial charge in [0.25, 0.3) is 0 Å². The number of hydrogen-bond donors (Lipinski definition) is 0. The van der Waals surface area contributed by atoms with Crippen LogP contribution in [-0.4, -0.2) is 40.0 Å². The largest absolute Gasteiger partial charge is 0.497 e. The van der Waals surface area contributed by atoms with Crippen LogP contribution in [0.15, 0.2) is 29.4 Å². The van der Waals surface area contributed by atoms with E-state index < -0.39 is 0 Å². The van der Waals surface area contributed by atoms with Crippen molar-refractivity contribution < 1.29 is 14.3 Å². The van der Waals surface area contributed by atoms with E-state index >= 15 is 0 Å². The maximum atomic E-state index is 11.7. The van der Waals surface area contributed by atoms with E-state index in [9.17, 15) is 4.79 Å². The highest BCUT2D eigenvalue weighted by Gasteiger charge is 2.19. The predicted octanol–water partition coefficient (Wildman–Crippen LogP) is 2.85. The summed E-state index contributed by atoms with van der Waals surface area (Å²) < 4.78 is 12.0. The molecule has 120 valence electrons. The Balaban J connectivity index is 2.20. The van der Waals surface area contributed by atoms with Crippen LogP contribution in [-0.2, 0) is 9.53 Å². The van der Waals surface area contributed by atoms with Crippen LogP contribution in [0.1, 0.15) is 12.5 Å². The molecule has 2 heterocycles. The van der Waals surface area contributed by atoms with Gasteiger partial charge < -0.3 is 9.47 Å². The molecule has 0 spiro atoms. The van der Waals surface area contributed by atoms with Gasteiger partial charge in [0, 0.05) is 11.5 Å². The molecule has 0 radical (unpaired) electrons. The van der Waals surface area contributed by atoms with Gasteiger partial charge in [-0.2, -0.15) is 0 Å². The Labute approximate surface area is 137 Å². The molecule has 0 fully saturated rings. The number of ether oxygens (including phenoxy) is 2. The lowest BCUT2D eigenvalue weighted by Gasteiger charge is -2.11. The number of esters is 1. The van der Waals surface area contributed by atoms with Gasteiger partial charge in [0.2, 0.25) is 0 Å². The van der Waals surface area contributed by atoms with Crippen molar-refractivity contribution in [3.63, 3.8) is 0 Å². The predicted molar refractivity (Wildman–Crippen MR) is 89.1 cm³/mol. The lowest BCUT2D eigenvalue weighted by atomic mass is 10.1. The molecule has 3 aromatic rings. The SMILES string of the molecule is COC(=O)C(C)Sc1nnc2cc(C)c3ccc(OC)cc3n12. The van der Waals surface area contributed by atoms with Crippen LogP contribution in [0.3, 0.4) is 0 Å². The fourth-order valence-electron chi connectivity index (χ4n) is 2.48. The van der Waals surface area contributed by atoms with Crippen molar-refractivity contribution in [3.8, 4) is 5.75 Å². The molecule has 1 aromatic carbocycles. The number of aromatic nitrogens is 3. The third-order valence-electron chi connectivity index (χ3n) is 3.69. The Kier molecular flexibility index (Phi) is 4.12. The van der Waals surface area contributed by atoms with Crippen LogP contribution in [0.5, 0.6) is 5.75 Å². The normalized spacial score (nSPS) is 12.5. The summed E-state index contributed by atoms with van der Waals surface area (Å²) in [5.74, 6) is 0.468. The summed E-state index contributed by atoms with van der Waals surface area (Å²) in [6.45, 7) is 3.82. The first kappa shape index (κ1) is 15.6. The summed E-state index contributed by atoms with van der Waals surface area (Å²) in [5.41, 5.74) is 2.80. The summed E-state index contributed by atoms with van der Waals surface area (Å²) in [5, 5.41) is 9.82. The number of fused-ring (bicyclic) bond motifs is 3. The molecule has 3 rings (SSSR count). The van der Waals surface area contributed by atoms with Crippen LogP contribution in [0.25, 0.3) is 16.6 Å². The molecule has 0 aliphatic rings. The fraction of sp³-hybridized carbons (Fsp3) is 0.312. The van der Waals surface area contributed by atoms with E-state index in [2.05, 4.69) is 10.2 Å². The summed E-state index contributed by atoms with van der Waals surface area (Å²) in [7, 11) is 3.01. The van der Waals surface area contributed by atoms with Gasteiger partial charge in [-0.15, -0.1) is 10.2 Å². The van der Waals surface area contributed by atoms with Crippen molar-refractivity contribution in [2.75, 3.05) is 14.2 Å². The number of hydrogen-bond acceptors (Lipinski definition) is 6. The number of rotatable bonds is 4. The molecule has 0 saturated heterocycles. The molecule has 0 amide bonds. The van der Waals surface area contributed by atoms with E-state index in [1.807, 2.05) is 35.6 Å². The summed E-state index contributed by atoms with van der Waals surface area (Å²) >= 11 is 1.32. The van der Waals surface area contributed by atoms with E-state index in [0.29, 0.717) is 5.16 Å². The molecule has 0 N–H and O–H groups in total. The lowest BCUT2D eigenvalue weighted by Crippen LogP contribution is -2.15. The average molecular weight is 331 g/mol. The second-order valence-electron chi connectivity index (χ2n) is 5.17. The van der Waals surface area contributed by atoms with Crippen molar-refractivity contribution in [2.45, 2.75) is 24.3 Å². The van der Waals surface area contributed by atoms with Gasteiger partial charge in [0.05, 0.1) is 19.7 Å². The van der Waals surface area contributed by atoms with Crippen molar-refractivity contribution >= 4 is 34.3 Å². The number of thioether (sulfide) groups is 1. The third-order valence-corrected chi connectivity index (χ3v) is 4.71. The highest BCUT2D eigenvalue weighted by molar-refractivity contribution is 8.00. The minimum Gasteiger partial charge on any atom is -0.497 e. The molecular formula is C16H17N3O3S. The van der Waals surface area contributed by atoms with Crippen molar-refractivity contribution in [3.05, 3.63) is 29.8 Å². The first-order valence-electron chi connectivity index (χ1n) is 7.12. The standard InChI is InChI=1S/C16H17N3O3S/c1-9-7-14-17-18-16(23-10(2)15(20)22-4)19(14)13-8-11(21-3)5-6-12(9)13/h5-8,10H,1-4H3. The van der Waals surface area contributed by atoms with Gasteiger partial charge in [-0.1, -0.05) is 11.8 Å². The van der Waals surface area contributed by atoms with Gasteiger partial charge in [-0.25, -0.2) is 0 Å². The van der Waals surface area contributed by atoms with Crippen LogP contribution in [0.2, 0.25) is 0 Å². The molecule has 2 aromatic heterocycles. The summed E-state index contributed by atoms with van der Waals surface area (Å²) in [4.78, 5) is 11.7. The maximum Gasteiger partial charge on any atom is 0.318 e. The third kappa shape index (κ3) is 2.72. The van der Waals surface area contributed by atoms with Crippen LogP contribution in [0.4, 0.5) is 0 Å². The zero-order valence-electron chi connectivity index (χ0n) is 13.4. The first-order valence-corrected chi connectivity index (χ1v) is 8.00. The van der Waals surface area contributed by atoms with Gasteiger partial charge in [-0.05, 0) is 37.6 Å². The Morgan fingerprint density at radius 2 is 2.04 bits per heavy atom. The minimum atomic E-state index is -0.366. The quantitative estimate of drug-likeness (QED) is 0.541. The molecule has 1 unspecified atom stereocenters. The van der Waals surface area contributed by atoms with Crippen LogP contribution >= 0.6 is 11.8 Å². The number of methoxy groups -OCH3 is 2. The number of carbonyl (C=O) groups excluding carboxylic acids is 1. The Morgan fingerprint density at radius 3 is 2.74 bits per heavy atom. The second kappa shape index (κ2) is 6.08. The second-order valence-corrected chi connectivity index (χ2v) is 6.48. The summed E-state index contributed by atoms with van der Waals surface area (Å²) in [6.07, 6.45) is 0. The van der Waals surface area contributed by atoms with Gasteiger partial charge in [0.15, 0.2) is 10.8 Å². The molecule has 0 saturated carbocycles. The van der Waals surface area contributed by atoms with E-state index in [0.717, 1.165) is 27.9 Å². The summed E-state index contributed by atoms with van der Waals surface area (Å²) in [6, 6.07) is 7.87.